The number of piperidine rings is 1. The van der Waals surface area contributed by atoms with Crippen LogP contribution in [-0.2, 0) is 16.1 Å². The molecule has 0 saturated carbocycles. The fraction of sp³-hybridized carbons (Fsp3) is 0.400. The van der Waals surface area contributed by atoms with Gasteiger partial charge >= 0.3 is 0 Å². The summed E-state index contributed by atoms with van der Waals surface area (Å²) < 4.78 is 14.4. The highest BCUT2D eigenvalue weighted by atomic mass is 19.1. The van der Waals surface area contributed by atoms with Gasteiger partial charge in [-0.2, -0.15) is 0 Å². The van der Waals surface area contributed by atoms with Crippen molar-refractivity contribution in [2.75, 3.05) is 19.6 Å². The number of hydrogen-bond acceptors (Lipinski definition) is 4. The van der Waals surface area contributed by atoms with Crippen LogP contribution in [0.2, 0.25) is 0 Å². The van der Waals surface area contributed by atoms with Crippen LogP contribution in [0.4, 0.5) is 4.39 Å². The second kappa shape index (κ2) is 8.77. The molecule has 2 amide bonds. The normalized spacial score (nSPS) is 14.7. The number of likely N-dealkylation sites (tertiary alicyclic amines) is 1. The van der Waals surface area contributed by atoms with E-state index in [9.17, 15) is 18.8 Å². The van der Waals surface area contributed by atoms with Gasteiger partial charge in [-0.3, -0.25) is 19.0 Å². The van der Waals surface area contributed by atoms with Crippen LogP contribution in [0, 0.1) is 11.7 Å². The minimum absolute atomic E-state index is 0.0369. The number of halogens is 1. The van der Waals surface area contributed by atoms with Gasteiger partial charge in [0, 0.05) is 50.7 Å². The smallest absolute Gasteiger partial charge is 0.253 e. The third-order valence-electron chi connectivity index (χ3n) is 4.98. The maximum atomic E-state index is 13.0. The monoisotopic (exact) mass is 386 g/mol. The maximum Gasteiger partial charge on any atom is 0.253 e. The number of carbonyl (C=O) groups excluding carboxylic acids is 2. The Hall–Kier alpha value is -3.03. The fourth-order valence-electron chi connectivity index (χ4n) is 3.27. The second-order valence-electron chi connectivity index (χ2n) is 6.88. The minimum atomic E-state index is -0.347. The van der Waals surface area contributed by atoms with E-state index in [2.05, 4.69) is 10.3 Å². The van der Waals surface area contributed by atoms with Crippen molar-refractivity contribution in [3.8, 4) is 11.3 Å². The highest BCUT2D eigenvalue weighted by molar-refractivity contribution is 5.79. The lowest BCUT2D eigenvalue weighted by Crippen LogP contribution is -2.43. The first-order chi connectivity index (χ1) is 13.4. The lowest BCUT2D eigenvalue weighted by Gasteiger charge is -2.30. The van der Waals surface area contributed by atoms with Crippen LogP contribution in [0.5, 0.6) is 0 Å². The van der Waals surface area contributed by atoms with Crippen molar-refractivity contribution in [2.45, 2.75) is 26.3 Å². The van der Waals surface area contributed by atoms with E-state index < -0.39 is 0 Å². The zero-order chi connectivity index (χ0) is 20.1. The number of hydrogen-bond donors (Lipinski definition) is 1. The highest BCUT2D eigenvalue weighted by Gasteiger charge is 2.25. The Kier molecular flexibility index (Phi) is 6.18. The van der Waals surface area contributed by atoms with E-state index in [0.29, 0.717) is 50.3 Å². The molecule has 1 aliphatic heterocycles. The van der Waals surface area contributed by atoms with Gasteiger partial charge in [0.05, 0.1) is 12.0 Å². The molecule has 0 bridgehead atoms. The van der Waals surface area contributed by atoms with Crippen LogP contribution >= 0.6 is 0 Å². The van der Waals surface area contributed by atoms with Crippen LogP contribution < -0.4 is 10.9 Å². The van der Waals surface area contributed by atoms with Crippen molar-refractivity contribution < 1.29 is 14.0 Å². The number of carbonyl (C=O) groups is 2. The van der Waals surface area contributed by atoms with E-state index in [0.717, 1.165) is 0 Å². The molecular formula is C20H23FN4O3. The zero-order valence-corrected chi connectivity index (χ0v) is 15.7. The van der Waals surface area contributed by atoms with Gasteiger partial charge in [-0.15, -0.1) is 0 Å². The molecule has 0 unspecified atom stereocenters. The van der Waals surface area contributed by atoms with Crippen molar-refractivity contribution in [3.05, 3.63) is 52.8 Å². The Morgan fingerprint density at radius 2 is 1.89 bits per heavy atom. The van der Waals surface area contributed by atoms with Crippen molar-refractivity contribution in [2.24, 2.45) is 5.92 Å². The summed E-state index contributed by atoms with van der Waals surface area (Å²) in [5.41, 5.74) is 0.900. The molecule has 2 heterocycles. The summed E-state index contributed by atoms with van der Waals surface area (Å²) in [7, 11) is 0. The molecule has 1 aromatic carbocycles. The standard InChI is InChI=1S/C20H23FN4O3/c1-14(26)24-9-6-16(7-10-24)20(28)22-8-11-25-13-23-18(12-19(25)27)15-2-4-17(21)5-3-15/h2-5,12-13,16H,6-11H2,1H3,(H,22,28). The first-order valence-electron chi connectivity index (χ1n) is 9.29. The number of nitrogens with one attached hydrogen (secondary N) is 1. The first-order valence-corrected chi connectivity index (χ1v) is 9.29. The fourth-order valence-corrected chi connectivity index (χ4v) is 3.27. The van der Waals surface area contributed by atoms with E-state index in [1.807, 2.05) is 0 Å². The zero-order valence-electron chi connectivity index (χ0n) is 15.7. The molecule has 1 fully saturated rings. The summed E-state index contributed by atoms with van der Waals surface area (Å²) >= 11 is 0. The van der Waals surface area contributed by atoms with Gasteiger partial charge in [-0.1, -0.05) is 0 Å². The SMILES string of the molecule is CC(=O)N1CCC(C(=O)NCCn2cnc(-c3ccc(F)cc3)cc2=O)CC1. The average molecular weight is 386 g/mol. The van der Waals surface area contributed by atoms with E-state index in [4.69, 9.17) is 0 Å². The van der Waals surface area contributed by atoms with E-state index in [-0.39, 0.29) is 29.1 Å². The quantitative estimate of drug-likeness (QED) is 0.842. The van der Waals surface area contributed by atoms with Crippen LogP contribution in [0.25, 0.3) is 11.3 Å². The molecule has 0 spiro atoms. The predicted octanol–water partition coefficient (Wildman–Crippen LogP) is 1.42. The number of benzene rings is 1. The Bertz CT molecular complexity index is 902. The molecule has 3 rings (SSSR count). The topological polar surface area (TPSA) is 84.3 Å². The van der Waals surface area contributed by atoms with Crippen molar-refractivity contribution in [1.29, 1.82) is 0 Å². The third-order valence-corrected chi connectivity index (χ3v) is 4.98. The number of nitrogens with zero attached hydrogens (tertiary/aromatic N) is 3. The summed E-state index contributed by atoms with van der Waals surface area (Å²) in [6, 6.07) is 7.17. The molecule has 8 heteroatoms. The van der Waals surface area contributed by atoms with Crippen LogP contribution in [0.3, 0.4) is 0 Å². The lowest BCUT2D eigenvalue weighted by atomic mass is 9.96. The summed E-state index contributed by atoms with van der Waals surface area (Å²) in [6.07, 6.45) is 2.73. The van der Waals surface area contributed by atoms with Gasteiger partial charge in [-0.05, 0) is 37.1 Å². The highest BCUT2D eigenvalue weighted by Crippen LogP contribution is 2.17. The molecule has 1 N–H and O–H groups in total. The largest absolute Gasteiger partial charge is 0.354 e. The van der Waals surface area contributed by atoms with Crippen molar-refractivity contribution in [1.82, 2.24) is 19.8 Å². The molecule has 2 aromatic rings. The average Bonchev–Trinajstić information content (AvgIpc) is 2.69. The molecule has 0 atom stereocenters. The van der Waals surface area contributed by atoms with Gasteiger partial charge in [0.1, 0.15) is 5.82 Å². The molecule has 148 valence electrons. The molecule has 7 nitrogen and oxygen atoms in total. The van der Waals surface area contributed by atoms with Crippen LogP contribution in [0.1, 0.15) is 19.8 Å². The summed E-state index contributed by atoms with van der Waals surface area (Å²) in [6.45, 7) is 3.37. The molecule has 0 aliphatic carbocycles. The van der Waals surface area contributed by atoms with Crippen LogP contribution in [0.15, 0.2) is 41.5 Å². The van der Waals surface area contributed by atoms with Gasteiger partial charge < -0.3 is 10.2 Å². The van der Waals surface area contributed by atoms with Gasteiger partial charge in [0.15, 0.2) is 0 Å². The number of aromatic nitrogens is 2. The van der Waals surface area contributed by atoms with Gasteiger partial charge in [-0.25, -0.2) is 9.37 Å². The Morgan fingerprint density at radius 1 is 1.21 bits per heavy atom. The van der Waals surface area contributed by atoms with E-state index >= 15 is 0 Å². The minimum Gasteiger partial charge on any atom is -0.354 e. The molecule has 0 radical (unpaired) electrons. The van der Waals surface area contributed by atoms with Crippen LogP contribution in [-0.4, -0.2) is 45.9 Å². The third kappa shape index (κ3) is 4.82. The summed E-state index contributed by atoms with van der Waals surface area (Å²) in [4.78, 5) is 41.9. The number of rotatable bonds is 5. The van der Waals surface area contributed by atoms with Gasteiger partial charge in [0.25, 0.3) is 5.56 Å². The van der Waals surface area contributed by atoms with Crippen molar-refractivity contribution >= 4 is 11.8 Å². The van der Waals surface area contributed by atoms with Gasteiger partial charge in [0.2, 0.25) is 11.8 Å². The Labute approximate surface area is 162 Å². The Balaban J connectivity index is 1.51. The molecule has 28 heavy (non-hydrogen) atoms. The maximum absolute atomic E-state index is 13.0. The summed E-state index contributed by atoms with van der Waals surface area (Å²) in [5, 5.41) is 2.85. The summed E-state index contributed by atoms with van der Waals surface area (Å²) in [5.74, 6) is -0.465. The van der Waals surface area contributed by atoms with Crippen molar-refractivity contribution in [3.63, 3.8) is 0 Å². The molecule has 1 aliphatic rings. The second-order valence-corrected chi connectivity index (χ2v) is 6.88. The van der Waals surface area contributed by atoms with E-state index in [1.54, 1.807) is 17.0 Å². The predicted molar refractivity (Wildman–Crippen MR) is 102 cm³/mol. The first kappa shape index (κ1) is 19.7. The molecular weight excluding hydrogens is 363 g/mol. The molecule has 1 aromatic heterocycles. The Morgan fingerprint density at radius 3 is 2.50 bits per heavy atom. The molecule has 1 saturated heterocycles. The number of amides is 2. The van der Waals surface area contributed by atoms with E-state index in [1.165, 1.54) is 36.0 Å². The lowest BCUT2D eigenvalue weighted by molar-refractivity contribution is -0.133.